The van der Waals surface area contributed by atoms with E-state index in [2.05, 4.69) is 10.3 Å². The molecule has 2 heterocycles. The Kier molecular flexibility index (Phi) is 8.52. The second-order valence-corrected chi connectivity index (χ2v) is 9.48. The van der Waals surface area contributed by atoms with E-state index < -0.39 is 29.9 Å². The summed E-state index contributed by atoms with van der Waals surface area (Å²) in [5.74, 6) is -1.35. The van der Waals surface area contributed by atoms with Gasteiger partial charge in [0.1, 0.15) is 11.7 Å². The quantitative estimate of drug-likeness (QED) is 0.419. The van der Waals surface area contributed by atoms with Crippen LogP contribution in [0, 0.1) is 5.92 Å². The summed E-state index contributed by atoms with van der Waals surface area (Å²) in [6.45, 7) is 1.17. The van der Waals surface area contributed by atoms with E-state index in [4.69, 9.17) is 14.8 Å². The Morgan fingerprint density at radius 1 is 1.05 bits per heavy atom. The minimum Gasteiger partial charge on any atom is -0.481 e. The van der Waals surface area contributed by atoms with Crippen LogP contribution in [0.15, 0.2) is 36.4 Å². The van der Waals surface area contributed by atoms with Crippen molar-refractivity contribution in [3.05, 3.63) is 47.8 Å². The second kappa shape index (κ2) is 12.0. The van der Waals surface area contributed by atoms with Gasteiger partial charge in [0.15, 0.2) is 5.82 Å². The summed E-state index contributed by atoms with van der Waals surface area (Å²) in [5.41, 5.74) is 1.53. The minimum absolute atomic E-state index is 0.0840. The fraction of sp³-hybridized carbons (Fsp3) is 0.462. The van der Waals surface area contributed by atoms with E-state index in [1.807, 2.05) is 30.3 Å². The van der Waals surface area contributed by atoms with Gasteiger partial charge in [0.25, 0.3) is 5.91 Å². The van der Waals surface area contributed by atoms with E-state index in [1.165, 1.54) is 9.80 Å². The highest BCUT2D eigenvalue weighted by Crippen LogP contribution is 2.47. The molecule has 3 N–H and O–H groups in total. The van der Waals surface area contributed by atoms with E-state index in [-0.39, 0.29) is 50.6 Å². The summed E-state index contributed by atoms with van der Waals surface area (Å²) in [6, 6.07) is 9.77. The Labute approximate surface area is 219 Å². The van der Waals surface area contributed by atoms with E-state index in [0.29, 0.717) is 24.0 Å². The Morgan fingerprint density at radius 2 is 1.74 bits per heavy atom. The van der Waals surface area contributed by atoms with Crippen molar-refractivity contribution in [2.45, 2.75) is 31.2 Å². The van der Waals surface area contributed by atoms with Crippen LogP contribution in [0.3, 0.4) is 0 Å². The highest BCUT2D eigenvalue weighted by atomic mass is 16.5. The maximum absolute atomic E-state index is 13.4. The average Bonchev–Trinajstić information content (AvgIpc) is 3.70. The zero-order valence-corrected chi connectivity index (χ0v) is 21.1. The summed E-state index contributed by atoms with van der Waals surface area (Å²) in [5, 5.41) is 21.0. The van der Waals surface area contributed by atoms with E-state index in [1.54, 1.807) is 13.2 Å². The molecule has 4 rings (SSSR count). The Balaban J connectivity index is 1.56. The van der Waals surface area contributed by atoms with Crippen LogP contribution in [-0.4, -0.2) is 99.8 Å². The lowest BCUT2D eigenvalue weighted by molar-refractivity contribution is -0.138. The molecule has 12 heteroatoms. The monoisotopic (exact) mass is 525 g/mol. The van der Waals surface area contributed by atoms with Crippen LogP contribution in [0.5, 0.6) is 0 Å². The molecule has 1 aliphatic heterocycles. The molecular weight excluding hydrogens is 494 g/mol. The highest BCUT2D eigenvalue weighted by Gasteiger charge is 2.40. The summed E-state index contributed by atoms with van der Waals surface area (Å²) in [6.07, 6.45) is -0.620. The molecule has 38 heavy (non-hydrogen) atoms. The molecule has 1 saturated carbocycles. The molecular formula is C26H31N5O7. The van der Waals surface area contributed by atoms with Crippen LogP contribution in [0.4, 0.5) is 4.79 Å². The van der Waals surface area contributed by atoms with E-state index >= 15 is 0 Å². The van der Waals surface area contributed by atoms with Gasteiger partial charge in [0.05, 0.1) is 0 Å². The van der Waals surface area contributed by atoms with Crippen molar-refractivity contribution in [2.75, 3.05) is 39.9 Å². The van der Waals surface area contributed by atoms with Crippen LogP contribution in [0.1, 0.15) is 41.4 Å². The summed E-state index contributed by atoms with van der Waals surface area (Å²) < 4.78 is 5.26. The van der Waals surface area contributed by atoms with Crippen molar-refractivity contribution < 1.29 is 34.1 Å². The Bertz CT molecular complexity index is 1180. The first-order valence-corrected chi connectivity index (χ1v) is 12.5. The predicted molar refractivity (Wildman–Crippen MR) is 134 cm³/mol. The van der Waals surface area contributed by atoms with Gasteiger partial charge in [0, 0.05) is 63.5 Å². The molecule has 1 aliphatic carbocycles. The van der Waals surface area contributed by atoms with Crippen molar-refractivity contribution in [1.29, 1.82) is 0 Å². The summed E-state index contributed by atoms with van der Waals surface area (Å²) in [4.78, 5) is 60.9. The maximum Gasteiger partial charge on any atom is 0.407 e. The molecule has 1 aromatic carbocycles. The van der Waals surface area contributed by atoms with Gasteiger partial charge in [-0.1, -0.05) is 30.3 Å². The van der Waals surface area contributed by atoms with Gasteiger partial charge in [-0.15, -0.1) is 0 Å². The largest absolute Gasteiger partial charge is 0.481 e. The fourth-order valence-corrected chi connectivity index (χ4v) is 4.59. The van der Waals surface area contributed by atoms with Gasteiger partial charge in [-0.3, -0.25) is 14.4 Å². The van der Waals surface area contributed by atoms with Gasteiger partial charge < -0.3 is 30.1 Å². The second-order valence-electron chi connectivity index (χ2n) is 9.48. The minimum atomic E-state index is -1.10. The number of carbonyl (C=O) groups is 4. The number of ether oxygens (including phenoxy) is 1. The van der Waals surface area contributed by atoms with Gasteiger partial charge in [0.2, 0.25) is 5.91 Å². The van der Waals surface area contributed by atoms with Crippen molar-refractivity contribution >= 4 is 23.9 Å². The molecule has 0 spiro atoms. The first-order valence-electron chi connectivity index (χ1n) is 12.5. The number of nitrogens with one attached hydrogen (secondary N) is 1. The molecule has 3 amide bonds. The molecule has 0 unspecified atom stereocenters. The SMILES string of the molecule is COC[C@H]1C[C@H]1c1cc(C(=O)N[C@@H](CCC(=O)O)C(=O)N2CCN(C(=O)O)CC2)nc(-c2ccccc2)n1. The van der Waals surface area contributed by atoms with Crippen molar-refractivity contribution in [2.24, 2.45) is 5.92 Å². The number of hydrogen-bond donors (Lipinski definition) is 3. The van der Waals surface area contributed by atoms with Crippen LogP contribution in [-0.2, 0) is 14.3 Å². The van der Waals surface area contributed by atoms with Crippen molar-refractivity contribution in [3.8, 4) is 11.4 Å². The average molecular weight is 526 g/mol. The molecule has 2 aliphatic rings. The lowest BCUT2D eigenvalue weighted by Gasteiger charge is -2.35. The third kappa shape index (κ3) is 6.62. The van der Waals surface area contributed by atoms with Crippen LogP contribution < -0.4 is 5.32 Å². The number of hydrogen-bond acceptors (Lipinski definition) is 7. The Morgan fingerprint density at radius 3 is 2.37 bits per heavy atom. The van der Waals surface area contributed by atoms with Crippen LogP contribution in [0.25, 0.3) is 11.4 Å². The number of benzene rings is 1. The van der Waals surface area contributed by atoms with Crippen molar-refractivity contribution in [1.82, 2.24) is 25.1 Å². The zero-order valence-electron chi connectivity index (χ0n) is 21.1. The molecule has 2 aromatic rings. The number of carboxylic acids is 1. The van der Waals surface area contributed by atoms with Crippen LogP contribution >= 0.6 is 0 Å². The number of carboxylic acid groups (broad SMARTS) is 2. The molecule has 202 valence electrons. The number of aliphatic carboxylic acids is 1. The van der Waals surface area contributed by atoms with E-state index in [9.17, 15) is 24.3 Å². The molecule has 0 bridgehead atoms. The summed E-state index contributed by atoms with van der Waals surface area (Å²) >= 11 is 0. The number of amides is 3. The number of aromatic nitrogens is 2. The van der Waals surface area contributed by atoms with Gasteiger partial charge >= 0.3 is 12.1 Å². The number of carbonyl (C=O) groups excluding carboxylic acids is 2. The lowest BCUT2D eigenvalue weighted by atomic mass is 10.1. The normalized spacial score (nSPS) is 19.5. The predicted octanol–water partition coefficient (Wildman–Crippen LogP) is 1.68. The summed E-state index contributed by atoms with van der Waals surface area (Å²) in [7, 11) is 1.64. The standard InChI is InChI=1S/C26H31N5O7/c1-38-15-17-13-18(17)20-14-21(28-23(27-20)16-5-3-2-4-6-16)24(34)29-19(7-8-22(32)33)25(35)30-9-11-31(12-10-30)26(36)37/h2-6,14,17-19H,7-13,15H2,1H3,(H,29,34)(H,32,33)(H,36,37)/t17-,18-,19+/m1/s1. The zero-order chi connectivity index (χ0) is 27.2. The van der Waals surface area contributed by atoms with E-state index in [0.717, 1.165) is 12.0 Å². The van der Waals surface area contributed by atoms with Gasteiger partial charge in [-0.25, -0.2) is 14.8 Å². The third-order valence-electron chi connectivity index (χ3n) is 6.81. The smallest absolute Gasteiger partial charge is 0.407 e. The third-order valence-corrected chi connectivity index (χ3v) is 6.81. The lowest BCUT2D eigenvalue weighted by Crippen LogP contribution is -2.55. The molecule has 2 fully saturated rings. The number of methoxy groups -OCH3 is 1. The van der Waals surface area contributed by atoms with Gasteiger partial charge in [-0.05, 0) is 24.8 Å². The molecule has 3 atom stereocenters. The first kappa shape index (κ1) is 27.0. The highest BCUT2D eigenvalue weighted by molar-refractivity contribution is 5.96. The first-order chi connectivity index (χ1) is 18.3. The number of piperazine rings is 1. The molecule has 1 aromatic heterocycles. The fourth-order valence-electron chi connectivity index (χ4n) is 4.59. The van der Waals surface area contributed by atoms with Crippen LogP contribution in [0.2, 0.25) is 0 Å². The topological polar surface area (TPSA) is 162 Å². The van der Waals surface area contributed by atoms with Gasteiger partial charge in [-0.2, -0.15) is 0 Å². The van der Waals surface area contributed by atoms with Crippen molar-refractivity contribution in [3.63, 3.8) is 0 Å². The molecule has 12 nitrogen and oxygen atoms in total. The number of nitrogens with zero attached hydrogens (tertiary/aromatic N) is 4. The molecule has 0 radical (unpaired) electrons. The Hall–Kier alpha value is -4.06. The molecule has 1 saturated heterocycles. The maximum atomic E-state index is 13.4. The number of rotatable bonds is 10.